The molecule has 2 unspecified atom stereocenters. The fourth-order valence-electron chi connectivity index (χ4n) is 7.00. The zero-order chi connectivity index (χ0) is 32.0. The summed E-state index contributed by atoms with van der Waals surface area (Å²) >= 11 is 25.8. The molecule has 2 aliphatic rings. The second-order valence-corrected chi connectivity index (χ2v) is 14.1. The molecule has 0 spiro atoms. The van der Waals surface area contributed by atoms with Gasteiger partial charge in [0, 0.05) is 45.1 Å². The average Bonchev–Trinajstić information content (AvgIpc) is 3.39. The van der Waals surface area contributed by atoms with Crippen LogP contribution in [0, 0.1) is 5.92 Å². The molecule has 45 heavy (non-hydrogen) atoms. The van der Waals surface area contributed by atoms with E-state index in [9.17, 15) is 4.79 Å². The summed E-state index contributed by atoms with van der Waals surface area (Å²) < 4.78 is 1.69. The van der Waals surface area contributed by atoms with Gasteiger partial charge < -0.3 is 10.6 Å². The molecule has 2 saturated heterocycles. The molecule has 8 nitrogen and oxygen atoms in total. The highest BCUT2D eigenvalue weighted by atomic mass is 35.5. The Morgan fingerprint density at radius 1 is 0.911 bits per heavy atom. The summed E-state index contributed by atoms with van der Waals surface area (Å²) in [5.74, 6) is 0.226. The van der Waals surface area contributed by atoms with Crippen molar-refractivity contribution in [2.45, 2.75) is 64.5 Å². The molecule has 0 aliphatic carbocycles. The number of carbonyl (C=O) groups excluding carboxylic acids is 1. The molecule has 2 aromatic carbocycles. The van der Waals surface area contributed by atoms with Crippen LogP contribution in [-0.4, -0.2) is 62.8 Å². The number of hydrogen-bond donors (Lipinski definition) is 1. The number of halogens is 4. The van der Waals surface area contributed by atoms with E-state index in [0.29, 0.717) is 48.9 Å². The minimum absolute atomic E-state index is 0.0498. The first-order valence-corrected chi connectivity index (χ1v) is 17.0. The van der Waals surface area contributed by atoms with Crippen molar-refractivity contribution in [2.24, 2.45) is 11.7 Å². The van der Waals surface area contributed by atoms with E-state index in [0.717, 1.165) is 36.5 Å². The molecule has 0 saturated carbocycles. The zero-order valence-electron chi connectivity index (χ0n) is 25.6. The van der Waals surface area contributed by atoms with Crippen LogP contribution in [0.5, 0.6) is 0 Å². The number of benzene rings is 2. The molecule has 0 radical (unpaired) electrons. The molecule has 0 bridgehead atoms. The van der Waals surface area contributed by atoms with Crippen molar-refractivity contribution in [2.75, 3.05) is 31.1 Å². The monoisotopic (exact) mass is 687 g/mol. The number of anilines is 1. The van der Waals surface area contributed by atoms with Crippen molar-refractivity contribution in [1.29, 1.82) is 0 Å². The third-order valence-electron chi connectivity index (χ3n) is 9.41. The summed E-state index contributed by atoms with van der Waals surface area (Å²) in [6.07, 6.45) is 4.87. The standard InChI is InChI=1S/C33H37Cl4N7O/c1-18-17-43(14-11-27(18)42-12-5-4-6-13-42)32-28(19(2)23-9-7-21(34)15-25(23)36)39-30-29(31(38)45)41-44(33(30)40-32)20(3)24-10-8-22(35)16-26(24)37/h7-10,15-16,18-20,27H,4-6,11-14,17H2,1-3H3,(H2,38,45)/t18?,19-,20-,27?/m1/s1. The van der Waals surface area contributed by atoms with Gasteiger partial charge in [-0.1, -0.05) is 78.8 Å². The lowest BCUT2D eigenvalue weighted by molar-refractivity contribution is 0.0996. The summed E-state index contributed by atoms with van der Waals surface area (Å²) in [4.78, 5) is 28.1. The number of aromatic nitrogens is 4. The second kappa shape index (κ2) is 13.2. The Hall–Kier alpha value is -2.62. The molecule has 2 N–H and O–H groups in total. The number of likely N-dealkylation sites (tertiary alicyclic amines) is 1. The fraction of sp³-hybridized carbons (Fsp3) is 0.455. The van der Waals surface area contributed by atoms with E-state index in [1.807, 2.05) is 32.0 Å². The lowest BCUT2D eigenvalue weighted by Crippen LogP contribution is -2.52. The first-order valence-electron chi connectivity index (χ1n) is 15.5. The molecule has 6 rings (SSSR count). The third kappa shape index (κ3) is 6.37. The summed E-state index contributed by atoms with van der Waals surface area (Å²) in [7, 11) is 0. The second-order valence-electron chi connectivity index (χ2n) is 12.4. The lowest BCUT2D eigenvalue weighted by Gasteiger charge is -2.44. The van der Waals surface area contributed by atoms with Crippen molar-refractivity contribution in [1.82, 2.24) is 24.6 Å². The number of rotatable bonds is 7. The number of amides is 1. The quantitative estimate of drug-likeness (QED) is 0.212. The van der Waals surface area contributed by atoms with Crippen molar-refractivity contribution in [3.63, 3.8) is 0 Å². The van der Waals surface area contributed by atoms with Gasteiger partial charge in [0.1, 0.15) is 5.52 Å². The number of fused-ring (bicyclic) bond motifs is 1. The van der Waals surface area contributed by atoms with E-state index in [1.54, 1.807) is 22.9 Å². The highest BCUT2D eigenvalue weighted by molar-refractivity contribution is 6.35. The molecule has 238 valence electrons. The van der Waals surface area contributed by atoms with Gasteiger partial charge in [-0.25, -0.2) is 14.6 Å². The molecule has 4 atom stereocenters. The molecule has 2 aromatic heterocycles. The van der Waals surface area contributed by atoms with Gasteiger partial charge in [0.05, 0.1) is 11.7 Å². The predicted molar refractivity (Wildman–Crippen MR) is 183 cm³/mol. The Balaban J connectivity index is 1.49. The minimum atomic E-state index is -0.686. The molecule has 12 heteroatoms. The van der Waals surface area contributed by atoms with Gasteiger partial charge >= 0.3 is 0 Å². The summed E-state index contributed by atoms with van der Waals surface area (Å²) in [6.45, 7) is 10.3. The Morgan fingerprint density at radius 2 is 1.56 bits per heavy atom. The van der Waals surface area contributed by atoms with Crippen molar-refractivity contribution in [3.8, 4) is 0 Å². The van der Waals surface area contributed by atoms with Crippen molar-refractivity contribution >= 4 is 69.3 Å². The van der Waals surface area contributed by atoms with Gasteiger partial charge in [-0.15, -0.1) is 0 Å². The van der Waals surface area contributed by atoms with E-state index < -0.39 is 5.91 Å². The van der Waals surface area contributed by atoms with Crippen LogP contribution in [0.2, 0.25) is 20.1 Å². The van der Waals surface area contributed by atoms with Gasteiger partial charge in [-0.05, 0) is 80.6 Å². The van der Waals surface area contributed by atoms with Crippen LogP contribution in [0.4, 0.5) is 5.82 Å². The van der Waals surface area contributed by atoms with E-state index in [-0.39, 0.29) is 17.7 Å². The average molecular weight is 690 g/mol. The molecular formula is C33H37Cl4N7O. The Morgan fingerprint density at radius 3 is 2.16 bits per heavy atom. The molecule has 4 aromatic rings. The Labute approximate surface area is 283 Å². The van der Waals surface area contributed by atoms with E-state index >= 15 is 0 Å². The minimum Gasteiger partial charge on any atom is -0.364 e. The first-order chi connectivity index (χ1) is 21.5. The van der Waals surface area contributed by atoms with Gasteiger partial charge in [0.25, 0.3) is 5.91 Å². The summed E-state index contributed by atoms with van der Waals surface area (Å²) in [6, 6.07) is 10.9. The van der Waals surface area contributed by atoms with Gasteiger partial charge in [-0.3, -0.25) is 9.69 Å². The summed E-state index contributed by atoms with van der Waals surface area (Å²) in [5, 5.41) is 6.77. The molecule has 1 amide bonds. The van der Waals surface area contributed by atoms with Crippen LogP contribution < -0.4 is 10.6 Å². The number of hydrogen-bond acceptors (Lipinski definition) is 6. The van der Waals surface area contributed by atoms with Crippen LogP contribution in [-0.2, 0) is 0 Å². The first kappa shape index (κ1) is 32.3. The van der Waals surface area contributed by atoms with E-state index in [4.69, 9.17) is 62.1 Å². The maximum Gasteiger partial charge on any atom is 0.271 e. The molecule has 4 heterocycles. The smallest absolute Gasteiger partial charge is 0.271 e. The van der Waals surface area contributed by atoms with Crippen LogP contribution >= 0.6 is 46.4 Å². The van der Waals surface area contributed by atoms with Crippen LogP contribution in [0.25, 0.3) is 11.2 Å². The number of carbonyl (C=O) groups is 1. The number of nitrogens with two attached hydrogens (primary N) is 1. The highest BCUT2D eigenvalue weighted by Crippen LogP contribution is 2.39. The van der Waals surface area contributed by atoms with Crippen LogP contribution in [0.1, 0.15) is 85.7 Å². The van der Waals surface area contributed by atoms with Gasteiger partial charge in [0.2, 0.25) is 0 Å². The maximum atomic E-state index is 12.7. The predicted octanol–water partition coefficient (Wildman–Crippen LogP) is 8.00. The van der Waals surface area contributed by atoms with E-state index in [2.05, 4.69) is 21.8 Å². The Bertz CT molecular complexity index is 1740. The van der Waals surface area contributed by atoms with Gasteiger partial charge in [0.15, 0.2) is 17.2 Å². The van der Waals surface area contributed by atoms with Crippen molar-refractivity contribution < 1.29 is 4.79 Å². The summed E-state index contributed by atoms with van der Waals surface area (Å²) in [5.41, 5.74) is 9.07. The maximum absolute atomic E-state index is 12.7. The van der Waals surface area contributed by atoms with Crippen LogP contribution in [0.3, 0.4) is 0 Å². The number of piperidine rings is 2. The third-order valence-corrected chi connectivity index (χ3v) is 10.5. The highest BCUT2D eigenvalue weighted by Gasteiger charge is 2.35. The van der Waals surface area contributed by atoms with E-state index in [1.165, 1.54) is 32.4 Å². The van der Waals surface area contributed by atoms with Crippen molar-refractivity contribution in [3.05, 3.63) is 79.0 Å². The number of nitrogens with zero attached hydrogens (tertiary/aromatic N) is 6. The molecule has 2 fully saturated rings. The normalized spacial score (nSPS) is 20.8. The topological polar surface area (TPSA) is 93.2 Å². The largest absolute Gasteiger partial charge is 0.364 e. The van der Waals surface area contributed by atoms with Crippen LogP contribution in [0.15, 0.2) is 36.4 Å². The Kier molecular flexibility index (Phi) is 9.51. The SMILES string of the molecule is CC1CN(c2nc3c(nc2[C@H](C)c2ccc(Cl)cc2Cl)c(C(N)=O)nn3[C@H](C)c2ccc(Cl)cc2Cl)CCC1N1CCCCC1. The zero-order valence-corrected chi connectivity index (χ0v) is 28.6. The number of primary amides is 1. The molecule has 2 aliphatic heterocycles. The fourth-order valence-corrected chi connectivity index (χ4v) is 8.14. The lowest BCUT2D eigenvalue weighted by atomic mass is 9.90. The molecular weight excluding hydrogens is 652 g/mol. The van der Waals surface area contributed by atoms with Gasteiger partial charge in [-0.2, -0.15) is 5.10 Å².